The van der Waals surface area contributed by atoms with E-state index < -0.39 is 0 Å². The van der Waals surface area contributed by atoms with Crippen LogP contribution >= 0.6 is 0 Å². The molecule has 226 valence electrons. The Morgan fingerprint density at radius 3 is 1.76 bits per heavy atom. The summed E-state index contributed by atoms with van der Waals surface area (Å²) in [7, 11) is 0. The van der Waals surface area contributed by atoms with Crippen LogP contribution in [0, 0.1) is 0 Å². The van der Waals surface area contributed by atoms with Crippen LogP contribution in [0.2, 0.25) is 0 Å². The monoisotopic (exact) mass is 559 g/mol. The van der Waals surface area contributed by atoms with E-state index in [-0.39, 0.29) is 0 Å². The van der Waals surface area contributed by atoms with Gasteiger partial charge in [-0.25, -0.2) is 0 Å². The Hall–Kier alpha value is -2.17. The Kier molecular flexibility index (Phi) is 14.8. The lowest BCUT2D eigenvalue weighted by Gasteiger charge is -2.36. The second-order valence-corrected chi connectivity index (χ2v) is 12.7. The summed E-state index contributed by atoms with van der Waals surface area (Å²) in [6, 6.07) is 22.4. The van der Waals surface area contributed by atoms with Gasteiger partial charge < -0.3 is 9.80 Å². The van der Waals surface area contributed by atoms with Crippen molar-refractivity contribution in [1.29, 1.82) is 0 Å². The normalized spacial score (nSPS) is 21.2. The molecule has 2 heterocycles. The van der Waals surface area contributed by atoms with E-state index in [0.717, 1.165) is 64.4 Å². The Balaban J connectivity index is 1.31. The van der Waals surface area contributed by atoms with Crippen molar-refractivity contribution >= 4 is 5.91 Å². The van der Waals surface area contributed by atoms with Crippen LogP contribution in [0.25, 0.3) is 0 Å². The summed E-state index contributed by atoms with van der Waals surface area (Å²) >= 11 is 0. The fourth-order valence-corrected chi connectivity index (χ4v) is 6.92. The molecule has 2 fully saturated rings. The van der Waals surface area contributed by atoms with E-state index in [4.69, 9.17) is 0 Å². The molecule has 0 saturated carbocycles. The van der Waals surface area contributed by atoms with Crippen molar-refractivity contribution in [3.05, 3.63) is 71.8 Å². The van der Waals surface area contributed by atoms with E-state index in [9.17, 15) is 4.79 Å². The minimum atomic E-state index is 0.389. The Morgan fingerprint density at radius 2 is 1.12 bits per heavy atom. The molecule has 4 nitrogen and oxygen atoms in total. The Labute approximate surface area is 251 Å². The summed E-state index contributed by atoms with van der Waals surface area (Å²) in [6.07, 6.45) is 20.1. The summed E-state index contributed by atoms with van der Waals surface area (Å²) in [5.41, 5.74) is 2.71. The van der Waals surface area contributed by atoms with E-state index in [2.05, 4.69) is 75.4 Å². The highest BCUT2D eigenvalue weighted by Gasteiger charge is 2.22. The molecule has 0 bridgehead atoms. The second-order valence-electron chi connectivity index (χ2n) is 12.7. The molecule has 2 aliphatic heterocycles. The number of amides is 1. The largest absolute Gasteiger partial charge is 0.343 e. The molecule has 0 radical (unpaired) electrons. The zero-order chi connectivity index (χ0) is 28.4. The molecule has 4 rings (SSSR count). The highest BCUT2D eigenvalue weighted by Crippen LogP contribution is 2.23. The third-order valence-corrected chi connectivity index (χ3v) is 9.30. The molecular weight excluding hydrogens is 502 g/mol. The Morgan fingerprint density at radius 1 is 0.610 bits per heavy atom. The van der Waals surface area contributed by atoms with Gasteiger partial charge >= 0.3 is 0 Å². The standard InChI is InChI=1S/C37H57N3O/c41-37-26-14-6-4-2-1-3-5-13-24-36-25-15-16-28-39(36)29-17-18-30-40(37)31-19-27-38(32-34-20-9-7-10-21-34)33-35-22-11-8-12-23-35/h7-12,20-23,36H,1-6,13-19,24-33H2. The predicted molar refractivity (Wildman–Crippen MR) is 173 cm³/mol. The van der Waals surface area contributed by atoms with Crippen LogP contribution in [0.5, 0.6) is 0 Å². The SMILES string of the molecule is O=C1CCCCCCCCCCC2CCCCN2CCCCN1CCCN(Cc1ccccc1)Cc1ccccc1. The smallest absolute Gasteiger partial charge is 0.222 e. The quantitative estimate of drug-likeness (QED) is 0.325. The minimum absolute atomic E-state index is 0.389. The molecule has 0 spiro atoms. The van der Waals surface area contributed by atoms with Gasteiger partial charge in [0.2, 0.25) is 5.91 Å². The van der Waals surface area contributed by atoms with E-state index in [1.807, 2.05) is 0 Å². The van der Waals surface area contributed by atoms with Crippen molar-refractivity contribution < 1.29 is 4.79 Å². The van der Waals surface area contributed by atoms with Gasteiger partial charge in [-0.2, -0.15) is 0 Å². The van der Waals surface area contributed by atoms with Gasteiger partial charge in [0.1, 0.15) is 0 Å². The molecule has 1 amide bonds. The number of piperidine rings is 1. The molecule has 0 N–H and O–H groups in total. The maximum Gasteiger partial charge on any atom is 0.222 e. The van der Waals surface area contributed by atoms with Crippen LogP contribution in [-0.2, 0) is 17.9 Å². The summed E-state index contributed by atoms with van der Waals surface area (Å²) in [6.45, 7) is 7.20. The van der Waals surface area contributed by atoms with Crippen LogP contribution in [0.4, 0.5) is 0 Å². The molecule has 2 aliphatic rings. The van der Waals surface area contributed by atoms with E-state index >= 15 is 0 Å². The van der Waals surface area contributed by atoms with E-state index in [1.165, 1.54) is 101 Å². The first-order valence-electron chi connectivity index (χ1n) is 17.1. The molecule has 4 heteroatoms. The van der Waals surface area contributed by atoms with Crippen molar-refractivity contribution in [2.45, 2.75) is 122 Å². The molecule has 0 aliphatic carbocycles. The fourth-order valence-electron chi connectivity index (χ4n) is 6.92. The van der Waals surface area contributed by atoms with Crippen LogP contribution < -0.4 is 0 Å². The molecule has 41 heavy (non-hydrogen) atoms. The lowest BCUT2D eigenvalue weighted by molar-refractivity contribution is -0.131. The van der Waals surface area contributed by atoms with Crippen LogP contribution in [0.15, 0.2) is 60.7 Å². The summed E-state index contributed by atoms with van der Waals surface area (Å²) in [4.78, 5) is 21.0. The highest BCUT2D eigenvalue weighted by molar-refractivity contribution is 5.76. The number of hydrogen-bond donors (Lipinski definition) is 0. The van der Waals surface area contributed by atoms with Gasteiger partial charge in [-0.3, -0.25) is 9.69 Å². The number of carbonyl (C=O) groups excluding carboxylic acids is 1. The van der Waals surface area contributed by atoms with Crippen molar-refractivity contribution in [2.75, 3.05) is 32.7 Å². The predicted octanol–water partition coefficient (Wildman–Crippen LogP) is 8.46. The molecule has 2 aromatic carbocycles. The highest BCUT2D eigenvalue weighted by atomic mass is 16.2. The lowest BCUT2D eigenvalue weighted by Crippen LogP contribution is -2.40. The number of fused-ring (bicyclic) bond motifs is 1. The average Bonchev–Trinajstić information content (AvgIpc) is 3.00. The summed E-state index contributed by atoms with van der Waals surface area (Å²) in [5.74, 6) is 0.389. The van der Waals surface area contributed by atoms with Crippen molar-refractivity contribution in [3.8, 4) is 0 Å². The molecule has 2 aromatic rings. The molecule has 1 atom stereocenters. The third kappa shape index (κ3) is 12.3. The van der Waals surface area contributed by atoms with Crippen LogP contribution in [-0.4, -0.2) is 59.4 Å². The number of carbonyl (C=O) groups is 1. The molecule has 2 saturated heterocycles. The number of benzene rings is 2. The third-order valence-electron chi connectivity index (χ3n) is 9.30. The van der Waals surface area contributed by atoms with Crippen molar-refractivity contribution in [1.82, 2.24) is 14.7 Å². The average molecular weight is 560 g/mol. The maximum absolute atomic E-state index is 13.4. The molecule has 1 unspecified atom stereocenters. The molecule has 0 aromatic heterocycles. The van der Waals surface area contributed by atoms with Gasteiger partial charge in [0.25, 0.3) is 0 Å². The lowest BCUT2D eigenvalue weighted by atomic mass is 9.96. The van der Waals surface area contributed by atoms with Crippen molar-refractivity contribution in [2.24, 2.45) is 0 Å². The zero-order valence-electron chi connectivity index (χ0n) is 25.9. The maximum atomic E-state index is 13.4. The summed E-state index contributed by atoms with van der Waals surface area (Å²) in [5, 5.41) is 0. The van der Waals surface area contributed by atoms with Gasteiger partial charge in [-0.15, -0.1) is 0 Å². The topological polar surface area (TPSA) is 26.8 Å². The fraction of sp³-hybridized carbons (Fsp3) is 0.649. The van der Waals surface area contributed by atoms with Gasteiger partial charge in [0.05, 0.1) is 0 Å². The van der Waals surface area contributed by atoms with E-state index in [0.29, 0.717) is 5.91 Å². The van der Waals surface area contributed by atoms with Gasteiger partial charge in [-0.1, -0.05) is 112 Å². The molecular formula is C37H57N3O. The number of hydrogen-bond acceptors (Lipinski definition) is 3. The first kappa shape index (κ1) is 31.8. The minimum Gasteiger partial charge on any atom is -0.343 e. The Bertz CT molecular complexity index is 908. The van der Waals surface area contributed by atoms with Crippen LogP contribution in [0.3, 0.4) is 0 Å². The second kappa shape index (κ2) is 19.1. The number of rotatable bonds is 8. The van der Waals surface area contributed by atoms with Gasteiger partial charge in [0.15, 0.2) is 0 Å². The van der Waals surface area contributed by atoms with Gasteiger partial charge in [-0.05, 0) is 69.2 Å². The van der Waals surface area contributed by atoms with E-state index in [1.54, 1.807) is 0 Å². The zero-order valence-corrected chi connectivity index (χ0v) is 25.9. The summed E-state index contributed by atoms with van der Waals surface area (Å²) < 4.78 is 0. The first-order valence-corrected chi connectivity index (χ1v) is 17.1. The first-order chi connectivity index (χ1) is 20.3. The number of nitrogens with zero attached hydrogens (tertiary/aromatic N) is 3. The van der Waals surface area contributed by atoms with Crippen LogP contribution in [0.1, 0.15) is 114 Å². The van der Waals surface area contributed by atoms with Crippen molar-refractivity contribution in [3.63, 3.8) is 0 Å². The van der Waals surface area contributed by atoms with Gasteiger partial charge in [0, 0.05) is 45.2 Å².